The second-order valence-corrected chi connectivity index (χ2v) is 13.8. The highest BCUT2D eigenvalue weighted by molar-refractivity contribution is 5.81. The molecule has 0 bridgehead atoms. The van der Waals surface area contributed by atoms with Crippen molar-refractivity contribution < 1.29 is 38.0 Å². The third kappa shape index (κ3) is 15.1. The summed E-state index contributed by atoms with van der Waals surface area (Å²) in [5, 5.41) is 9.54. The van der Waals surface area contributed by atoms with Crippen molar-refractivity contribution in [1.82, 2.24) is 9.97 Å². The standard InChI is InChI=1S/C49H51N3O8/c1-3-48(53)57-29-11-7-5-9-27-55-42-20-16-40(17-21-42)44-24-13-38(33-51-44)35-59-46-26-15-37(32-50)31-47(46)60-36-39-14-25-45(52-34-39)41-18-22-43(23-19-41)56-28-10-6-8-12-30-58-49(54)4-2/h3-4,13-26,31,33-34H,1-2,5-12,27-30,35-36H2. The Morgan fingerprint density at radius 2 is 0.983 bits per heavy atom. The van der Waals surface area contributed by atoms with Gasteiger partial charge in [-0.25, -0.2) is 9.59 Å². The zero-order valence-corrected chi connectivity index (χ0v) is 33.9. The zero-order valence-electron chi connectivity index (χ0n) is 33.9. The van der Waals surface area contributed by atoms with Gasteiger partial charge in [0.05, 0.1) is 49.4 Å². The number of aromatic nitrogens is 2. The Balaban J connectivity index is 1.04. The van der Waals surface area contributed by atoms with E-state index in [1.807, 2.05) is 72.8 Å². The molecule has 0 N–H and O–H groups in total. The maximum Gasteiger partial charge on any atom is 0.330 e. The number of benzene rings is 3. The van der Waals surface area contributed by atoms with Crippen molar-refractivity contribution in [2.75, 3.05) is 26.4 Å². The topological polar surface area (TPSA) is 139 Å². The number of hydrogen-bond acceptors (Lipinski definition) is 11. The summed E-state index contributed by atoms with van der Waals surface area (Å²) in [6, 6.07) is 30.8. The van der Waals surface area contributed by atoms with Gasteiger partial charge >= 0.3 is 11.9 Å². The van der Waals surface area contributed by atoms with Crippen LogP contribution < -0.4 is 18.9 Å². The summed E-state index contributed by atoms with van der Waals surface area (Å²) in [4.78, 5) is 31.5. The number of nitrogens with zero attached hydrogens (tertiary/aromatic N) is 3. The monoisotopic (exact) mass is 809 g/mol. The lowest BCUT2D eigenvalue weighted by Crippen LogP contribution is -2.02. The summed E-state index contributed by atoms with van der Waals surface area (Å²) < 4.78 is 34.1. The summed E-state index contributed by atoms with van der Waals surface area (Å²) in [7, 11) is 0. The Morgan fingerprint density at radius 1 is 0.533 bits per heavy atom. The smallest absolute Gasteiger partial charge is 0.330 e. The van der Waals surface area contributed by atoms with Crippen LogP contribution in [0.2, 0.25) is 0 Å². The van der Waals surface area contributed by atoms with E-state index >= 15 is 0 Å². The van der Waals surface area contributed by atoms with Gasteiger partial charge in [-0.15, -0.1) is 0 Å². The van der Waals surface area contributed by atoms with Gasteiger partial charge in [0.15, 0.2) is 11.5 Å². The van der Waals surface area contributed by atoms with E-state index in [-0.39, 0.29) is 25.2 Å². The first-order valence-electron chi connectivity index (χ1n) is 20.2. The molecule has 0 aliphatic rings. The van der Waals surface area contributed by atoms with Crippen molar-refractivity contribution in [3.63, 3.8) is 0 Å². The van der Waals surface area contributed by atoms with Crippen LogP contribution in [0.5, 0.6) is 23.0 Å². The highest BCUT2D eigenvalue weighted by Crippen LogP contribution is 2.31. The van der Waals surface area contributed by atoms with E-state index in [0.717, 1.165) is 96.5 Å². The van der Waals surface area contributed by atoms with Gasteiger partial charge < -0.3 is 28.4 Å². The van der Waals surface area contributed by atoms with Crippen molar-refractivity contribution in [3.8, 4) is 51.6 Å². The second kappa shape index (κ2) is 24.8. The number of pyridine rings is 2. The van der Waals surface area contributed by atoms with E-state index < -0.39 is 0 Å². The molecule has 0 aliphatic heterocycles. The lowest BCUT2D eigenvalue weighted by Gasteiger charge is -2.14. The number of hydrogen-bond donors (Lipinski definition) is 0. The van der Waals surface area contributed by atoms with Crippen LogP contribution in [0, 0.1) is 11.3 Å². The van der Waals surface area contributed by atoms with E-state index in [2.05, 4.69) is 29.2 Å². The third-order valence-electron chi connectivity index (χ3n) is 9.25. The van der Waals surface area contributed by atoms with Crippen LogP contribution in [0.25, 0.3) is 22.5 Å². The molecule has 0 aliphatic carbocycles. The highest BCUT2D eigenvalue weighted by atomic mass is 16.5. The normalized spacial score (nSPS) is 10.5. The molecule has 11 nitrogen and oxygen atoms in total. The first-order chi connectivity index (χ1) is 29.4. The average molecular weight is 810 g/mol. The van der Waals surface area contributed by atoms with Crippen LogP contribution in [0.15, 0.2) is 129 Å². The molecule has 0 radical (unpaired) electrons. The predicted octanol–water partition coefficient (Wildman–Crippen LogP) is 10.2. The predicted molar refractivity (Wildman–Crippen MR) is 229 cm³/mol. The summed E-state index contributed by atoms with van der Waals surface area (Å²) in [5.41, 5.74) is 5.80. The van der Waals surface area contributed by atoms with Crippen molar-refractivity contribution in [2.45, 2.75) is 64.6 Å². The molecule has 5 aromatic rings. The summed E-state index contributed by atoms with van der Waals surface area (Å²) in [6.07, 6.45) is 13.3. The number of unbranched alkanes of at least 4 members (excludes halogenated alkanes) is 6. The first-order valence-corrected chi connectivity index (χ1v) is 20.2. The molecule has 0 amide bonds. The SMILES string of the molecule is C=CC(=O)OCCCCCCOc1ccc(-c2ccc(COc3ccc(C#N)cc3OCc3ccc(-c4ccc(OCCCCCCOC(=O)C=C)cc4)nc3)cn2)cc1. The van der Waals surface area contributed by atoms with Gasteiger partial charge in [0, 0.05) is 52.9 Å². The van der Waals surface area contributed by atoms with E-state index in [9.17, 15) is 14.9 Å². The number of nitriles is 1. The first kappa shape index (κ1) is 44.2. The molecule has 60 heavy (non-hydrogen) atoms. The van der Waals surface area contributed by atoms with Crippen molar-refractivity contribution in [3.05, 3.63) is 145 Å². The van der Waals surface area contributed by atoms with Gasteiger partial charge in [-0.1, -0.05) is 25.3 Å². The number of esters is 2. The van der Waals surface area contributed by atoms with Crippen LogP contribution in [-0.2, 0) is 32.3 Å². The van der Waals surface area contributed by atoms with E-state index in [4.69, 9.17) is 28.4 Å². The third-order valence-corrected chi connectivity index (χ3v) is 9.25. The van der Waals surface area contributed by atoms with E-state index in [1.165, 1.54) is 12.2 Å². The molecule has 2 aromatic heterocycles. The Morgan fingerprint density at radius 3 is 1.40 bits per heavy atom. The molecule has 0 spiro atoms. The lowest BCUT2D eigenvalue weighted by atomic mass is 10.1. The molecule has 0 atom stereocenters. The number of rotatable bonds is 26. The minimum Gasteiger partial charge on any atom is -0.494 e. The summed E-state index contributed by atoms with van der Waals surface area (Å²) in [5.74, 6) is 1.80. The van der Waals surface area contributed by atoms with Crippen LogP contribution >= 0.6 is 0 Å². The highest BCUT2D eigenvalue weighted by Gasteiger charge is 2.10. The fourth-order valence-electron chi connectivity index (χ4n) is 5.90. The van der Waals surface area contributed by atoms with Gasteiger partial charge in [-0.2, -0.15) is 5.26 Å². The average Bonchev–Trinajstić information content (AvgIpc) is 3.30. The quantitative estimate of drug-likeness (QED) is 0.0300. The number of ether oxygens (including phenoxy) is 6. The molecule has 0 saturated carbocycles. The molecule has 310 valence electrons. The minimum absolute atomic E-state index is 0.238. The van der Waals surface area contributed by atoms with Crippen molar-refractivity contribution >= 4 is 11.9 Å². The fraction of sp³-hybridized carbons (Fsp3) is 0.286. The Labute approximate surface area is 352 Å². The molecule has 0 fully saturated rings. The summed E-state index contributed by atoms with van der Waals surface area (Å²) in [6.45, 7) is 9.34. The van der Waals surface area contributed by atoms with Crippen LogP contribution in [-0.4, -0.2) is 48.3 Å². The summed E-state index contributed by atoms with van der Waals surface area (Å²) >= 11 is 0. The second-order valence-electron chi connectivity index (χ2n) is 13.8. The van der Waals surface area contributed by atoms with Crippen molar-refractivity contribution in [2.24, 2.45) is 0 Å². The molecule has 5 rings (SSSR count). The number of carbonyl (C=O) groups is 2. The zero-order chi connectivity index (χ0) is 42.2. The molecular weight excluding hydrogens is 759 g/mol. The van der Waals surface area contributed by atoms with Crippen LogP contribution in [0.4, 0.5) is 0 Å². The maximum absolute atomic E-state index is 11.1. The molecule has 2 heterocycles. The van der Waals surface area contributed by atoms with Gasteiger partial charge in [-0.05, 0) is 124 Å². The van der Waals surface area contributed by atoms with Crippen LogP contribution in [0.1, 0.15) is 68.1 Å². The molecule has 0 saturated heterocycles. The molecule has 11 heteroatoms. The van der Waals surface area contributed by atoms with Crippen molar-refractivity contribution in [1.29, 1.82) is 5.26 Å². The Bertz CT molecular complexity index is 2150. The largest absolute Gasteiger partial charge is 0.494 e. The van der Waals surface area contributed by atoms with E-state index in [0.29, 0.717) is 43.5 Å². The molecular formula is C49H51N3O8. The maximum atomic E-state index is 11.1. The Kier molecular flexibility index (Phi) is 18.2. The lowest BCUT2D eigenvalue weighted by molar-refractivity contribution is -0.138. The van der Waals surface area contributed by atoms with Gasteiger partial charge in [0.2, 0.25) is 0 Å². The van der Waals surface area contributed by atoms with Crippen LogP contribution in [0.3, 0.4) is 0 Å². The minimum atomic E-state index is -0.384. The van der Waals surface area contributed by atoms with Gasteiger partial charge in [-0.3, -0.25) is 9.97 Å². The fourth-order valence-corrected chi connectivity index (χ4v) is 5.90. The molecule has 0 unspecified atom stereocenters. The van der Waals surface area contributed by atoms with Gasteiger partial charge in [0.25, 0.3) is 0 Å². The Hall–Kier alpha value is -6.93. The van der Waals surface area contributed by atoms with E-state index in [1.54, 1.807) is 30.6 Å². The number of carbonyl (C=O) groups excluding carboxylic acids is 2. The molecule has 3 aromatic carbocycles. The van der Waals surface area contributed by atoms with Gasteiger partial charge in [0.1, 0.15) is 24.7 Å².